The predicted octanol–water partition coefficient (Wildman–Crippen LogP) is 4.33. The number of methoxy groups -OCH3 is 1. The van der Waals surface area contributed by atoms with Crippen molar-refractivity contribution in [2.75, 3.05) is 19.0 Å². The number of amides is 2. The molecule has 0 aliphatic carbocycles. The van der Waals surface area contributed by atoms with Crippen LogP contribution in [0.4, 0.5) is 23.7 Å². The minimum atomic E-state index is -4.52. The zero-order chi connectivity index (χ0) is 19.3. The van der Waals surface area contributed by atoms with Gasteiger partial charge in [0.05, 0.1) is 24.5 Å². The van der Waals surface area contributed by atoms with Crippen molar-refractivity contribution in [3.05, 3.63) is 58.1 Å². The Morgan fingerprint density at radius 2 is 1.96 bits per heavy atom. The Hall–Kier alpha value is -2.26. The van der Waals surface area contributed by atoms with Crippen molar-refractivity contribution < 1.29 is 27.8 Å². The molecule has 0 aromatic heterocycles. The fourth-order valence-electron chi connectivity index (χ4n) is 2.20. The summed E-state index contributed by atoms with van der Waals surface area (Å²) >= 11 is 3.09. The van der Waals surface area contributed by atoms with E-state index in [1.54, 1.807) is 24.3 Å². The first-order chi connectivity index (χ1) is 12.2. The normalized spacial score (nSPS) is 12.4. The molecule has 0 fully saturated rings. The van der Waals surface area contributed by atoms with Crippen LogP contribution in [0.15, 0.2) is 46.9 Å². The highest BCUT2D eigenvalue weighted by atomic mass is 79.9. The first kappa shape index (κ1) is 20.1. The second-order valence-electron chi connectivity index (χ2n) is 5.29. The van der Waals surface area contributed by atoms with E-state index in [1.807, 2.05) is 0 Å². The Morgan fingerprint density at radius 1 is 1.27 bits per heavy atom. The molecule has 0 aliphatic heterocycles. The maximum absolute atomic E-state index is 12.8. The second-order valence-corrected chi connectivity index (χ2v) is 6.14. The fraction of sp³-hybridized carbons (Fsp3) is 0.235. The topological polar surface area (TPSA) is 70.6 Å². The Balaban J connectivity index is 2.01. The lowest BCUT2D eigenvalue weighted by atomic mass is 10.1. The molecule has 0 unspecified atom stereocenters. The van der Waals surface area contributed by atoms with Gasteiger partial charge in [0, 0.05) is 16.6 Å². The maximum Gasteiger partial charge on any atom is 0.416 e. The van der Waals surface area contributed by atoms with Crippen LogP contribution in [0.25, 0.3) is 0 Å². The molecule has 2 rings (SSSR count). The number of hydrogen-bond donors (Lipinski definition) is 3. The lowest BCUT2D eigenvalue weighted by Gasteiger charge is -2.16. The van der Waals surface area contributed by atoms with E-state index < -0.39 is 23.9 Å². The highest BCUT2D eigenvalue weighted by molar-refractivity contribution is 9.10. The van der Waals surface area contributed by atoms with E-state index in [1.165, 1.54) is 13.2 Å². The van der Waals surface area contributed by atoms with E-state index in [0.717, 1.165) is 12.1 Å². The number of aliphatic hydroxyl groups is 1. The molecular formula is C17H16BrF3N2O3. The summed E-state index contributed by atoms with van der Waals surface area (Å²) in [5, 5.41) is 14.9. The summed E-state index contributed by atoms with van der Waals surface area (Å²) < 4.78 is 43.7. The molecule has 5 nitrogen and oxygen atoms in total. The van der Waals surface area contributed by atoms with Gasteiger partial charge in [0.2, 0.25) is 0 Å². The largest absolute Gasteiger partial charge is 0.496 e. The third kappa shape index (κ3) is 5.12. The van der Waals surface area contributed by atoms with Crippen LogP contribution >= 0.6 is 15.9 Å². The monoisotopic (exact) mass is 432 g/mol. The molecule has 2 amide bonds. The number of hydrogen-bond acceptors (Lipinski definition) is 3. The van der Waals surface area contributed by atoms with Gasteiger partial charge in [-0.1, -0.05) is 18.2 Å². The molecule has 0 saturated carbocycles. The van der Waals surface area contributed by atoms with Crippen LogP contribution in [0.2, 0.25) is 0 Å². The number of urea groups is 1. The number of ether oxygens (including phenoxy) is 1. The van der Waals surface area contributed by atoms with Crippen LogP contribution in [-0.4, -0.2) is 24.8 Å². The van der Waals surface area contributed by atoms with Crippen molar-refractivity contribution in [3.8, 4) is 5.75 Å². The van der Waals surface area contributed by atoms with Crippen molar-refractivity contribution in [2.24, 2.45) is 0 Å². The van der Waals surface area contributed by atoms with E-state index in [9.17, 15) is 23.1 Å². The SMILES string of the molecule is COc1ccccc1[C@@H](O)CNC(=O)Nc1cc(C(F)(F)F)ccc1Br. The van der Waals surface area contributed by atoms with Gasteiger partial charge in [-0.25, -0.2) is 4.79 Å². The molecule has 0 heterocycles. The molecule has 2 aromatic carbocycles. The maximum atomic E-state index is 12.8. The summed E-state index contributed by atoms with van der Waals surface area (Å²) in [6, 6.07) is 8.92. The highest BCUT2D eigenvalue weighted by Gasteiger charge is 2.31. The Kier molecular flexibility index (Phi) is 6.49. The average Bonchev–Trinajstić information content (AvgIpc) is 2.60. The number of aliphatic hydroxyl groups excluding tert-OH is 1. The van der Waals surface area contributed by atoms with E-state index in [4.69, 9.17) is 4.74 Å². The molecule has 0 saturated heterocycles. The van der Waals surface area contributed by atoms with Gasteiger partial charge < -0.3 is 20.5 Å². The molecule has 1 atom stereocenters. The average molecular weight is 433 g/mol. The number of para-hydroxylation sites is 1. The third-order valence-corrected chi connectivity index (χ3v) is 4.19. The van der Waals surface area contributed by atoms with Gasteiger partial charge in [-0.15, -0.1) is 0 Å². The van der Waals surface area contributed by atoms with E-state index in [2.05, 4.69) is 26.6 Å². The molecule has 0 aliphatic rings. The van der Waals surface area contributed by atoms with E-state index in [0.29, 0.717) is 15.8 Å². The zero-order valence-electron chi connectivity index (χ0n) is 13.6. The summed E-state index contributed by atoms with van der Waals surface area (Å²) in [4.78, 5) is 11.9. The number of benzene rings is 2. The summed E-state index contributed by atoms with van der Waals surface area (Å²) in [5.74, 6) is 0.461. The first-order valence-corrected chi connectivity index (χ1v) is 8.24. The minimum Gasteiger partial charge on any atom is -0.496 e. The number of halogens is 4. The van der Waals surface area contributed by atoms with Gasteiger partial charge in [0.25, 0.3) is 0 Å². The third-order valence-electron chi connectivity index (χ3n) is 3.50. The van der Waals surface area contributed by atoms with Crippen molar-refractivity contribution in [1.29, 1.82) is 0 Å². The number of anilines is 1. The molecule has 0 bridgehead atoms. The van der Waals surface area contributed by atoms with Gasteiger partial charge in [-0.3, -0.25) is 0 Å². The Morgan fingerprint density at radius 3 is 2.62 bits per heavy atom. The highest BCUT2D eigenvalue weighted by Crippen LogP contribution is 2.34. The lowest BCUT2D eigenvalue weighted by Crippen LogP contribution is -2.32. The van der Waals surface area contributed by atoms with Crippen molar-refractivity contribution in [3.63, 3.8) is 0 Å². The minimum absolute atomic E-state index is 0.0379. The predicted molar refractivity (Wildman–Crippen MR) is 94.1 cm³/mol. The number of carbonyl (C=O) groups excluding carboxylic acids is 1. The Bertz CT molecular complexity index is 784. The van der Waals surface area contributed by atoms with Gasteiger partial charge in [-0.05, 0) is 40.2 Å². The van der Waals surface area contributed by atoms with Crippen LogP contribution in [0, 0.1) is 0 Å². The molecule has 3 N–H and O–H groups in total. The second kappa shape index (κ2) is 8.41. The standard InChI is InChI=1S/C17H16BrF3N2O3/c1-26-15-5-3-2-4-11(15)14(24)9-22-16(25)23-13-8-10(17(19,20)21)6-7-12(13)18/h2-8,14,24H,9H2,1H3,(H2,22,23,25)/t14-/m0/s1. The lowest BCUT2D eigenvalue weighted by molar-refractivity contribution is -0.137. The van der Waals surface area contributed by atoms with Gasteiger partial charge in [0.1, 0.15) is 5.75 Å². The molecular weight excluding hydrogens is 417 g/mol. The van der Waals surface area contributed by atoms with Gasteiger partial charge >= 0.3 is 12.2 Å². The summed E-state index contributed by atoms with van der Waals surface area (Å²) in [6.45, 7) is -0.150. The molecule has 0 radical (unpaired) electrons. The molecule has 9 heteroatoms. The van der Waals surface area contributed by atoms with Crippen molar-refractivity contribution in [2.45, 2.75) is 12.3 Å². The molecule has 26 heavy (non-hydrogen) atoms. The van der Waals surface area contributed by atoms with Crippen LogP contribution < -0.4 is 15.4 Å². The van der Waals surface area contributed by atoms with Crippen LogP contribution in [0.5, 0.6) is 5.75 Å². The molecule has 140 valence electrons. The van der Waals surface area contributed by atoms with E-state index in [-0.39, 0.29) is 12.2 Å². The Labute approximate surface area is 156 Å². The van der Waals surface area contributed by atoms with Crippen LogP contribution in [-0.2, 0) is 6.18 Å². The van der Waals surface area contributed by atoms with Crippen LogP contribution in [0.3, 0.4) is 0 Å². The summed E-state index contributed by atoms with van der Waals surface area (Å²) in [5.41, 5.74) is -0.440. The smallest absolute Gasteiger partial charge is 0.416 e. The summed E-state index contributed by atoms with van der Waals surface area (Å²) in [7, 11) is 1.46. The van der Waals surface area contributed by atoms with Crippen LogP contribution in [0.1, 0.15) is 17.2 Å². The van der Waals surface area contributed by atoms with Gasteiger partial charge in [-0.2, -0.15) is 13.2 Å². The summed E-state index contributed by atoms with van der Waals surface area (Å²) in [6.07, 6.45) is -5.56. The number of rotatable bonds is 5. The number of nitrogens with one attached hydrogen (secondary N) is 2. The van der Waals surface area contributed by atoms with Gasteiger partial charge in [0.15, 0.2) is 0 Å². The molecule has 2 aromatic rings. The fourth-order valence-corrected chi connectivity index (χ4v) is 2.55. The van der Waals surface area contributed by atoms with Crippen molar-refractivity contribution >= 4 is 27.6 Å². The number of carbonyl (C=O) groups is 1. The van der Waals surface area contributed by atoms with Crippen molar-refractivity contribution in [1.82, 2.24) is 5.32 Å². The molecule has 0 spiro atoms. The zero-order valence-corrected chi connectivity index (χ0v) is 15.2. The van der Waals surface area contributed by atoms with E-state index >= 15 is 0 Å². The first-order valence-electron chi connectivity index (χ1n) is 7.45. The quantitative estimate of drug-likeness (QED) is 0.658. The number of alkyl halides is 3.